The fourth-order valence-electron chi connectivity index (χ4n) is 2.58. The highest BCUT2D eigenvalue weighted by atomic mass is 16.5. The van der Waals surface area contributed by atoms with Gasteiger partial charge in [0, 0.05) is 12.3 Å². The molecule has 0 saturated heterocycles. The summed E-state index contributed by atoms with van der Waals surface area (Å²) in [6, 6.07) is 7.73. The Morgan fingerprint density at radius 3 is 2.62 bits per heavy atom. The lowest BCUT2D eigenvalue weighted by atomic mass is 9.83. The Kier molecular flexibility index (Phi) is 5.14. The average molecular weight is 288 g/mol. The average Bonchev–Trinajstić information content (AvgIpc) is 2.47. The summed E-state index contributed by atoms with van der Waals surface area (Å²) in [5.74, 6) is -0.119. The van der Waals surface area contributed by atoms with Gasteiger partial charge in [-0.1, -0.05) is 12.1 Å². The van der Waals surface area contributed by atoms with E-state index < -0.39 is 5.97 Å². The van der Waals surface area contributed by atoms with E-state index in [-0.39, 0.29) is 18.1 Å². The highest BCUT2D eigenvalue weighted by Crippen LogP contribution is 2.31. The number of hydrogen-bond acceptors (Lipinski definition) is 3. The summed E-state index contributed by atoms with van der Waals surface area (Å²) in [7, 11) is 0. The van der Waals surface area contributed by atoms with E-state index >= 15 is 0 Å². The van der Waals surface area contributed by atoms with E-state index in [4.69, 9.17) is 9.84 Å². The normalized spacial score (nSPS) is 18.2. The van der Waals surface area contributed by atoms with Gasteiger partial charge < -0.3 is 9.84 Å². The molecule has 0 fully saturated rings. The predicted octanol–water partition coefficient (Wildman–Crippen LogP) is 3.31. The van der Waals surface area contributed by atoms with Crippen LogP contribution in [0.1, 0.15) is 38.2 Å². The molecule has 1 aliphatic rings. The second-order valence-electron chi connectivity index (χ2n) is 5.20. The SMILES string of the molecule is CCOc1ccc(C2=CC(=O)C(CCC(=O)O)CC2)cc1. The van der Waals surface area contributed by atoms with E-state index in [2.05, 4.69) is 0 Å². The lowest BCUT2D eigenvalue weighted by Gasteiger charge is -2.20. The first kappa shape index (κ1) is 15.3. The molecule has 1 atom stereocenters. The monoisotopic (exact) mass is 288 g/mol. The first-order valence-electron chi connectivity index (χ1n) is 7.29. The number of rotatable bonds is 6. The molecule has 0 saturated carbocycles. The molecule has 0 heterocycles. The van der Waals surface area contributed by atoms with Crippen LogP contribution in [0.25, 0.3) is 5.57 Å². The van der Waals surface area contributed by atoms with E-state index in [1.54, 1.807) is 6.08 Å². The Morgan fingerprint density at radius 1 is 1.33 bits per heavy atom. The van der Waals surface area contributed by atoms with Crippen molar-refractivity contribution in [2.24, 2.45) is 5.92 Å². The summed E-state index contributed by atoms with van der Waals surface area (Å²) < 4.78 is 5.40. The van der Waals surface area contributed by atoms with Crippen LogP contribution in [0.3, 0.4) is 0 Å². The van der Waals surface area contributed by atoms with E-state index in [9.17, 15) is 9.59 Å². The zero-order chi connectivity index (χ0) is 15.2. The summed E-state index contributed by atoms with van der Waals surface area (Å²) in [6.07, 6.45) is 3.70. The van der Waals surface area contributed by atoms with Crippen LogP contribution in [-0.2, 0) is 9.59 Å². The highest BCUT2D eigenvalue weighted by molar-refractivity contribution is 6.00. The topological polar surface area (TPSA) is 63.6 Å². The molecule has 1 aliphatic carbocycles. The Bertz CT molecular complexity index is 542. The Labute approximate surface area is 124 Å². The quantitative estimate of drug-likeness (QED) is 0.872. The molecule has 0 amide bonds. The molecular weight excluding hydrogens is 268 g/mol. The van der Waals surface area contributed by atoms with Gasteiger partial charge in [-0.2, -0.15) is 0 Å². The lowest BCUT2D eigenvalue weighted by molar-refractivity contribution is -0.137. The minimum absolute atomic E-state index is 0.0476. The van der Waals surface area contributed by atoms with Gasteiger partial charge in [-0.3, -0.25) is 9.59 Å². The van der Waals surface area contributed by atoms with Crippen LogP contribution in [0.5, 0.6) is 5.75 Å². The van der Waals surface area contributed by atoms with Gasteiger partial charge in [0.2, 0.25) is 0 Å². The van der Waals surface area contributed by atoms with E-state index in [0.717, 1.165) is 29.7 Å². The molecule has 4 heteroatoms. The molecule has 0 aliphatic heterocycles. The van der Waals surface area contributed by atoms with Crippen molar-refractivity contribution in [3.8, 4) is 5.75 Å². The van der Waals surface area contributed by atoms with Crippen molar-refractivity contribution < 1.29 is 19.4 Å². The number of carboxylic acids is 1. The minimum Gasteiger partial charge on any atom is -0.494 e. The fourth-order valence-corrected chi connectivity index (χ4v) is 2.58. The van der Waals surface area contributed by atoms with Crippen LogP contribution < -0.4 is 4.74 Å². The van der Waals surface area contributed by atoms with Crippen molar-refractivity contribution in [1.82, 2.24) is 0 Å². The summed E-state index contributed by atoms with van der Waals surface area (Å²) in [5, 5.41) is 8.69. The Balaban J connectivity index is 2.03. The molecule has 0 aromatic heterocycles. The number of carbonyl (C=O) groups is 2. The third kappa shape index (κ3) is 4.18. The second kappa shape index (κ2) is 7.07. The van der Waals surface area contributed by atoms with Crippen molar-refractivity contribution in [3.63, 3.8) is 0 Å². The van der Waals surface area contributed by atoms with Gasteiger partial charge >= 0.3 is 5.97 Å². The van der Waals surface area contributed by atoms with Crippen LogP contribution in [-0.4, -0.2) is 23.5 Å². The summed E-state index contributed by atoms with van der Waals surface area (Å²) >= 11 is 0. The van der Waals surface area contributed by atoms with Crippen LogP contribution in [0.4, 0.5) is 0 Å². The fraction of sp³-hybridized carbons (Fsp3) is 0.412. The van der Waals surface area contributed by atoms with Crippen molar-refractivity contribution in [2.75, 3.05) is 6.61 Å². The van der Waals surface area contributed by atoms with E-state index in [1.807, 2.05) is 31.2 Å². The third-order valence-electron chi connectivity index (χ3n) is 3.72. The molecule has 1 aromatic carbocycles. The first-order chi connectivity index (χ1) is 10.1. The zero-order valence-electron chi connectivity index (χ0n) is 12.2. The molecule has 21 heavy (non-hydrogen) atoms. The van der Waals surface area contributed by atoms with Gasteiger partial charge in [0.25, 0.3) is 0 Å². The maximum atomic E-state index is 12.1. The maximum absolute atomic E-state index is 12.1. The van der Waals surface area contributed by atoms with Crippen LogP contribution in [0.2, 0.25) is 0 Å². The Morgan fingerprint density at radius 2 is 2.05 bits per heavy atom. The predicted molar refractivity (Wildman–Crippen MR) is 80.2 cm³/mol. The highest BCUT2D eigenvalue weighted by Gasteiger charge is 2.23. The minimum atomic E-state index is -0.843. The smallest absolute Gasteiger partial charge is 0.303 e. The van der Waals surface area contributed by atoms with Gasteiger partial charge in [0.15, 0.2) is 5.78 Å². The number of benzene rings is 1. The molecule has 1 N–H and O–H groups in total. The lowest BCUT2D eigenvalue weighted by Crippen LogP contribution is -2.18. The van der Waals surface area contributed by atoms with Crippen LogP contribution in [0, 0.1) is 5.92 Å². The molecule has 0 spiro atoms. The Hall–Kier alpha value is -2.10. The van der Waals surface area contributed by atoms with Crippen LogP contribution >= 0.6 is 0 Å². The molecule has 4 nitrogen and oxygen atoms in total. The molecular formula is C17H20O4. The summed E-state index contributed by atoms with van der Waals surface area (Å²) in [4.78, 5) is 22.6. The number of hydrogen-bond donors (Lipinski definition) is 1. The molecule has 0 bridgehead atoms. The van der Waals surface area contributed by atoms with Crippen molar-refractivity contribution >= 4 is 17.3 Å². The molecule has 0 radical (unpaired) electrons. The first-order valence-corrected chi connectivity index (χ1v) is 7.29. The van der Waals surface area contributed by atoms with Crippen molar-refractivity contribution in [3.05, 3.63) is 35.9 Å². The number of carbonyl (C=O) groups excluding carboxylic acids is 1. The van der Waals surface area contributed by atoms with Gasteiger partial charge in [-0.15, -0.1) is 0 Å². The number of carboxylic acid groups (broad SMARTS) is 1. The standard InChI is InChI=1S/C17H20O4/c1-2-21-15-8-5-12(6-9-15)14-4-3-13(16(18)11-14)7-10-17(19)20/h5-6,8-9,11,13H,2-4,7,10H2,1H3,(H,19,20). The molecule has 1 unspecified atom stereocenters. The van der Waals surface area contributed by atoms with E-state index in [0.29, 0.717) is 13.0 Å². The second-order valence-corrected chi connectivity index (χ2v) is 5.20. The van der Waals surface area contributed by atoms with Crippen molar-refractivity contribution in [2.45, 2.75) is 32.6 Å². The number of allylic oxidation sites excluding steroid dienone is 2. The van der Waals surface area contributed by atoms with E-state index in [1.165, 1.54) is 0 Å². The van der Waals surface area contributed by atoms with Crippen LogP contribution in [0.15, 0.2) is 30.3 Å². The number of ether oxygens (including phenoxy) is 1. The van der Waals surface area contributed by atoms with Gasteiger partial charge in [0.05, 0.1) is 6.61 Å². The zero-order valence-corrected chi connectivity index (χ0v) is 12.2. The van der Waals surface area contributed by atoms with Gasteiger partial charge in [0.1, 0.15) is 5.75 Å². The summed E-state index contributed by atoms with van der Waals surface area (Å²) in [6.45, 7) is 2.57. The van der Waals surface area contributed by atoms with Gasteiger partial charge in [-0.05, 0) is 55.5 Å². The maximum Gasteiger partial charge on any atom is 0.303 e. The largest absolute Gasteiger partial charge is 0.494 e. The van der Waals surface area contributed by atoms with Crippen molar-refractivity contribution in [1.29, 1.82) is 0 Å². The third-order valence-corrected chi connectivity index (χ3v) is 3.72. The van der Waals surface area contributed by atoms with Gasteiger partial charge in [-0.25, -0.2) is 0 Å². The molecule has 2 rings (SSSR count). The molecule has 112 valence electrons. The number of aliphatic carboxylic acids is 1. The molecule has 1 aromatic rings. The number of ketones is 1. The summed E-state index contributed by atoms with van der Waals surface area (Å²) in [5.41, 5.74) is 2.05.